The summed E-state index contributed by atoms with van der Waals surface area (Å²) in [5.41, 5.74) is 0.820. The molecule has 0 aliphatic carbocycles. The quantitative estimate of drug-likeness (QED) is 0.761. The van der Waals surface area contributed by atoms with Crippen molar-refractivity contribution < 1.29 is 4.74 Å². The first-order valence-corrected chi connectivity index (χ1v) is 5.94. The summed E-state index contributed by atoms with van der Waals surface area (Å²) in [6, 6.07) is 7.53. The van der Waals surface area contributed by atoms with Crippen LogP contribution in [-0.2, 0) is 4.74 Å². The average Bonchev–Trinajstić information content (AvgIpc) is 2.32. The van der Waals surface area contributed by atoms with E-state index in [4.69, 9.17) is 33.2 Å². The van der Waals surface area contributed by atoms with Gasteiger partial charge in [0.2, 0.25) is 0 Å². The SMILES string of the molecule is N#CC1CCCOC1c1cc(Cl)ccc1Cl. The number of hydrogen-bond donors (Lipinski definition) is 0. The second-order valence-electron chi connectivity index (χ2n) is 3.84. The fourth-order valence-corrected chi connectivity index (χ4v) is 2.36. The number of halogens is 2. The predicted octanol–water partition coefficient (Wildman–Crippen LogP) is 3.98. The van der Waals surface area contributed by atoms with E-state index in [9.17, 15) is 0 Å². The molecule has 84 valence electrons. The summed E-state index contributed by atoms with van der Waals surface area (Å²) in [7, 11) is 0. The molecule has 0 saturated carbocycles. The highest BCUT2D eigenvalue weighted by Crippen LogP contribution is 2.37. The maximum absolute atomic E-state index is 9.08. The smallest absolute Gasteiger partial charge is 0.0997 e. The number of benzene rings is 1. The lowest BCUT2D eigenvalue weighted by Gasteiger charge is -2.28. The van der Waals surface area contributed by atoms with Crippen molar-refractivity contribution in [3.05, 3.63) is 33.8 Å². The van der Waals surface area contributed by atoms with Gasteiger partial charge in [0.05, 0.1) is 18.1 Å². The Hall–Kier alpha value is -0.750. The van der Waals surface area contributed by atoms with Crippen LogP contribution < -0.4 is 0 Å². The van der Waals surface area contributed by atoms with Gasteiger partial charge in [0, 0.05) is 22.2 Å². The molecule has 1 saturated heterocycles. The number of hydrogen-bond acceptors (Lipinski definition) is 2. The van der Waals surface area contributed by atoms with Crippen LogP contribution in [0.1, 0.15) is 24.5 Å². The van der Waals surface area contributed by atoms with Crippen molar-refractivity contribution in [3.8, 4) is 6.07 Å². The van der Waals surface area contributed by atoms with Crippen molar-refractivity contribution in [2.45, 2.75) is 18.9 Å². The van der Waals surface area contributed by atoms with Crippen LogP contribution in [0.2, 0.25) is 10.0 Å². The Morgan fingerprint density at radius 3 is 2.94 bits per heavy atom. The minimum atomic E-state index is -0.245. The third-order valence-corrected chi connectivity index (χ3v) is 3.33. The first-order valence-electron chi connectivity index (χ1n) is 5.18. The monoisotopic (exact) mass is 255 g/mol. The van der Waals surface area contributed by atoms with Crippen LogP contribution in [0.3, 0.4) is 0 Å². The zero-order chi connectivity index (χ0) is 11.5. The molecule has 1 aliphatic rings. The molecule has 1 fully saturated rings. The summed E-state index contributed by atoms with van der Waals surface area (Å²) in [6.07, 6.45) is 1.53. The van der Waals surface area contributed by atoms with E-state index in [1.165, 1.54) is 0 Å². The van der Waals surface area contributed by atoms with Crippen LogP contribution in [0.25, 0.3) is 0 Å². The van der Waals surface area contributed by atoms with Crippen LogP contribution in [0.5, 0.6) is 0 Å². The molecule has 0 radical (unpaired) electrons. The summed E-state index contributed by atoms with van der Waals surface area (Å²) >= 11 is 12.0. The van der Waals surface area contributed by atoms with E-state index in [0.29, 0.717) is 16.7 Å². The lowest BCUT2D eigenvalue weighted by atomic mass is 9.91. The number of nitrogens with zero attached hydrogens (tertiary/aromatic N) is 1. The van der Waals surface area contributed by atoms with Gasteiger partial charge >= 0.3 is 0 Å². The molecule has 0 bridgehead atoms. The van der Waals surface area contributed by atoms with Crippen LogP contribution in [-0.4, -0.2) is 6.61 Å². The molecule has 0 N–H and O–H groups in total. The van der Waals surface area contributed by atoms with Gasteiger partial charge in [0.25, 0.3) is 0 Å². The van der Waals surface area contributed by atoms with Crippen LogP contribution >= 0.6 is 23.2 Å². The molecule has 1 heterocycles. The molecule has 2 unspecified atom stereocenters. The highest BCUT2D eigenvalue weighted by molar-refractivity contribution is 6.33. The van der Waals surface area contributed by atoms with Crippen LogP contribution in [0.15, 0.2) is 18.2 Å². The summed E-state index contributed by atoms with van der Waals surface area (Å²) in [5, 5.41) is 10.3. The fraction of sp³-hybridized carbons (Fsp3) is 0.417. The van der Waals surface area contributed by atoms with Crippen molar-refractivity contribution in [1.82, 2.24) is 0 Å². The summed E-state index contributed by atoms with van der Waals surface area (Å²) in [5.74, 6) is -0.135. The largest absolute Gasteiger partial charge is 0.372 e. The summed E-state index contributed by atoms with van der Waals surface area (Å²) < 4.78 is 5.64. The third-order valence-electron chi connectivity index (χ3n) is 2.75. The standard InChI is InChI=1S/C12H11Cl2NO/c13-9-3-4-11(14)10(6-9)12-8(7-15)2-1-5-16-12/h3-4,6,8,12H,1-2,5H2. The van der Waals surface area contributed by atoms with Crippen LogP contribution in [0.4, 0.5) is 0 Å². The zero-order valence-corrected chi connectivity index (χ0v) is 10.1. The minimum absolute atomic E-state index is 0.135. The van der Waals surface area contributed by atoms with E-state index in [1.54, 1.807) is 18.2 Å². The Balaban J connectivity index is 2.34. The highest BCUT2D eigenvalue weighted by Gasteiger charge is 2.29. The van der Waals surface area contributed by atoms with Gasteiger partial charge in [-0.1, -0.05) is 23.2 Å². The Morgan fingerprint density at radius 2 is 2.19 bits per heavy atom. The van der Waals surface area contributed by atoms with E-state index in [1.807, 2.05) is 0 Å². The molecular formula is C12H11Cl2NO. The van der Waals surface area contributed by atoms with Crippen molar-refractivity contribution in [2.24, 2.45) is 5.92 Å². The lowest BCUT2D eigenvalue weighted by Crippen LogP contribution is -2.21. The van der Waals surface area contributed by atoms with Crippen molar-refractivity contribution in [2.75, 3.05) is 6.61 Å². The zero-order valence-electron chi connectivity index (χ0n) is 8.62. The number of rotatable bonds is 1. The molecule has 2 rings (SSSR count). The maximum atomic E-state index is 9.08. The van der Waals surface area contributed by atoms with E-state index < -0.39 is 0 Å². The van der Waals surface area contributed by atoms with E-state index in [2.05, 4.69) is 6.07 Å². The molecule has 1 aromatic carbocycles. The second-order valence-corrected chi connectivity index (χ2v) is 4.68. The van der Waals surface area contributed by atoms with Gasteiger partial charge in [0.15, 0.2) is 0 Å². The first kappa shape index (κ1) is 11.7. The molecule has 2 nitrogen and oxygen atoms in total. The Morgan fingerprint density at radius 1 is 1.38 bits per heavy atom. The van der Waals surface area contributed by atoms with Gasteiger partial charge in [-0.25, -0.2) is 0 Å². The van der Waals surface area contributed by atoms with E-state index in [0.717, 1.165) is 18.4 Å². The maximum Gasteiger partial charge on any atom is 0.0997 e. The number of ether oxygens (including phenoxy) is 1. The van der Waals surface area contributed by atoms with Gasteiger partial charge in [0.1, 0.15) is 0 Å². The van der Waals surface area contributed by atoms with Crippen molar-refractivity contribution in [3.63, 3.8) is 0 Å². The van der Waals surface area contributed by atoms with Gasteiger partial charge < -0.3 is 4.74 Å². The van der Waals surface area contributed by atoms with E-state index in [-0.39, 0.29) is 12.0 Å². The average molecular weight is 256 g/mol. The lowest BCUT2D eigenvalue weighted by molar-refractivity contribution is -0.0101. The first-order chi connectivity index (χ1) is 7.72. The molecule has 16 heavy (non-hydrogen) atoms. The topological polar surface area (TPSA) is 33.0 Å². The van der Waals surface area contributed by atoms with Gasteiger partial charge in [-0.15, -0.1) is 0 Å². The molecule has 0 spiro atoms. The van der Waals surface area contributed by atoms with Crippen LogP contribution in [0, 0.1) is 17.2 Å². The second kappa shape index (κ2) is 5.05. The molecule has 1 aromatic rings. The molecule has 4 heteroatoms. The molecule has 2 atom stereocenters. The number of nitriles is 1. The van der Waals surface area contributed by atoms with Gasteiger partial charge in [-0.3, -0.25) is 0 Å². The third kappa shape index (κ3) is 2.32. The van der Waals surface area contributed by atoms with Gasteiger partial charge in [-0.05, 0) is 31.0 Å². The molecule has 1 aliphatic heterocycles. The molecule has 0 aromatic heterocycles. The minimum Gasteiger partial charge on any atom is -0.372 e. The van der Waals surface area contributed by atoms with E-state index >= 15 is 0 Å². The Kier molecular flexibility index (Phi) is 3.70. The van der Waals surface area contributed by atoms with Crippen molar-refractivity contribution >= 4 is 23.2 Å². The van der Waals surface area contributed by atoms with Crippen molar-refractivity contribution in [1.29, 1.82) is 5.26 Å². The predicted molar refractivity (Wildman–Crippen MR) is 63.5 cm³/mol. The Bertz CT molecular complexity index is 428. The Labute approximate surface area is 105 Å². The summed E-state index contributed by atoms with van der Waals surface area (Å²) in [4.78, 5) is 0. The van der Waals surface area contributed by atoms with Gasteiger partial charge in [-0.2, -0.15) is 5.26 Å². The summed E-state index contributed by atoms with van der Waals surface area (Å²) in [6.45, 7) is 0.672. The fourth-order valence-electron chi connectivity index (χ4n) is 1.95. The molecule has 0 amide bonds. The normalized spacial score (nSPS) is 25.1. The molecular weight excluding hydrogens is 245 g/mol. The highest BCUT2D eigenvalue weighted by atomic mass is 35.5.